The minimum Gasteiger partial charge on any atom is -0.322 e. The lowest BCUT2D eigenvalue weighted by Gasteiger charge is -1.93. The van der Waals surface area contributed by atoms with Crippen molar-refractivity contribution in [2.75, 3.05) is 5.33 Å². The first kappa shape index (κ1) is 11.5. The minimum atomic E-state index is 0.765. The molecule has 2 heterocycles. The number of aryl methyl sites for hydroxylation is 1. The SMILES string of the molecule is BrCCCc1cnn(-c2nc3ccccc3[nH]2)c1. The molecule has 0 bridgehead atoms. The number of H-pyrrole nitrogens is 1. The maximum atomic E-state index is 4.51. The van der Waals surface area contributed by atoms with Gasteiger partial charge in [-0.2, -0.15) is 5.10 Å². The summed E-state index contributed by atoms with van der Waals surface area (Å²) < 4.78 is 1.80. The van der Waals surface area contributed by atoms with Gasteiger partial charge in [0.1, 0.15) is 0 Å². The van der Waals surface area contributed by atoms with E-state index in [9.17, 15) is 0 Å². The van der Waals surface area contributed by atoms with Gasteiger partial charge in [0, 0.05) is 11.5 Å². The molecule has 5 heteroatoms. The predicted octanol–water partition coefficient (Wildman–Crippen LogP) is 3.08. The number of nitrogens with one attached hydrogen (secondary N) is 1. The molecule has 0 amide bonds. The molecule has 0 spiro atoms. The molecule has 0 aliphatic heterocycles. The Balaban J connectivity index is 1.91. The Hall–Kier alpha value is -1.62. The zero-order chi connectivity index (χ0) is 12.4. The van der Waals surface area contributed by atoms with Crippen LogP contribution in [0.5, 0.6) is 0 Å². The number of benzene rings is 1. The molecule has 0 aliphatic carbocycles. The fraction of sp³-hybridized carbons (Fsp3) is 0.231. The van der Waals surface area contributed by atoms with Crippen LogP contribution in [0.4, 0.5) is 0 Å². The fourth-order valence-corrected chi connectivity index (χ4v) is 2.20. The van der Waals surface area contributed by atoms with Gasteiger partial charge >= 0.3 is 0 Å². The van der Waals surface area contributed by atoms with Gasteiger partial charge in [0.15, 0.2) is 0 Å². The van der Waals surface area contributed by atoms with E-state index in [1.54, 1.807) is 4.68 Å². The summed E-state index contributed by atoms with van der Waals surface area (Å²) >= 11 is 3.44. The van der Waals surface area contributed by atoms with Crippen molar-refractivity contribution < 1.29 is 0 Å². The molecule has 1 aromatic carbocycles. The van der Waals surface area contributed by atoms with Crippen LogP contribution < -0.4 is 0 Å². The second kappa shape index (κ2) is 4.94. The molecule has 1 N–H and O–H groups in total. The summed E-state index contributed by atoms with van der Waals surface area (Å²) in [7, 11) is 0. The molecular weight excluding hydrogens is 292 g/mol. The highest BCUT2D eigenvalue weighted by molar-refractivity contribution is 9.09. The van der Waals surface area contributed by atoms with Gasteiger partial charge in [-0.15, -0.1) is 0 Å². The average molecular weight is 305 g/mol. The normalized spacial score (nSPS) is 11.2. The Morgan fingerprint density at radius 2 is 2.17 bits per heavy atom. The molecular formula is C13H13BrN4. The molecule has 2 aromatic heterocycles. The summed E-state index contributed by atoms with van der Waals surface area (Å²) in [5, 5.41) is 5.36. The van der Waals surface area contributed by atoms with Crippen molar-refractivity contribution in [2.45, 2.75) is 12.8 Å². The number of nitrogens with zero attached hydrogens (tertiary/aromatic N) is 3. The van der Waals surface area contributed by atoms with E-state index in [2.05, 4.69) is 31.0 Å². The Labute approximate surface area is 113 Å². The van der Waals surface area contributed by atoms with Crippen LogP contribution >= 0.6 is 15.9 Å². The number of alkyl halides is 1. The van der Waals surface area contributed by atoms with Gasteiger partial charge < -0.3 is 4.98 Å². The van der Waals surface area contributed by atoms with E-state index in [4.69, 9.17) is 0 Å². The van der Waals surface area contributed by atoms with Crippen molar-refractivity contribution in [1.29, 1.82) is 0 Å². The summed E-state index contributed by atoms with van der Waals surface area (Å²) in [5.74, 6) is 0.765. The maximum absolute atomic E-state index is 4.51. The van der Waals surface area contributed by atoms with E-state index < -0.39 is 0 Å². The Morgan fingerprint density at radius 3 is 3.00 bits per heavy atom. The lowest BCUT2D eigenvalue weighted by molar-refractivity contribution is 0.827. The van der Waals surface area contributed by atoms with E-state index in [-0.39, 0.29) is 0 Å². The van der Waals surface area contributed by atoms with Crippen molar-refractivity contribution in [2.24, 2.45) is 0 Å². The molecule has 0 fully saturated rings. The topological polar surface area (TPSA) is 46.5 Å². The van der Waals surface area contributed by atoms with Crippen molar-refractivity contribution in [3.05, 3.63) is 42.2 Å². The molecule has 0 saturated carbocycles. The highest BCUT2D eigenvalue weighted by Gasteiger charge is 2.05. The van der Waals surface area contributed by atoms with Gasteiger partial charge in [-0.3, -0.25) is 0 Å². The first-order chi connectivity index (χ1) is 8.86. The van der Waals surface area contributed by atoms with Gasteiger partial charge in [-0.05, 0) is 30.5 Å². The first-order valence-corrected chi connectivity index (χ1v) is 7.03. The van der Waals surface area contributed by atoms with E-state index in [0.717, 1.165) is 35.2 Å². The second-order valence-electron chi connectivity index (χ2n) is 4.16. The number of para-hydroxylation sites is 2. The Bertz CT molecular complexity index is 623. The molecule has 92 valence electrons. The molecule has 0 aliphatic rings. The monoisotopic (exact) mass is 304 g/mol. The van der Waals surface area contributed by atoms with Crippen molar-refractivity contribution in [3.8, 4) is 5.95 Å². The van der Waals surface area contributed by atoms with Crippen LogP contribution in [-0.2, 0) is 6.42 Å². The quantitative estimate of drug-likeness (QED) is 0.753. The number of hydrogen-bond acceptors (Lipinski definition) is 2. The summed E-state index contributed by atoms with van der Waals surface area (Å²) in [6.07, 6.45) is 6.08. The van der Waals surface area contributed by atoms with Gasteiger partial charge in [0.2, 0.25) is 5.95 Å². The lowest BCUT2D eigenvalue weighted by atomic mass is 10.2. The van der Waals surface area contributed by atoms with E-state index in [1.807, 2.05) is 36.7 Å². The minimum absolute atomic E-state index is 0.765. The molecule has 0 saturated heterocycles. The molecule has 3 aromatic rings. The molecule has 0 atom stereocenters. The number of halogens is 1. The van der Waals surface area contributed by atoms with E-state index in [0.29, 0.717) is 0 Å². The number of hydrogen-bond donors (Lipinski definition) is 1. The number of aromatic amines is 1. The van der Waals surface area contributed by atoms with Gasteiger partial charge in [0.05, 0.1) is 17.2 Å². The van der Waals surface area contributed by atoms with Crippen LogP contribution in [0.2, 0.25) is 0 Å². The van der Waals surface area contributed by atoms with Crippen LogP contribution in [-0.4, -0.2) is 25.1 Å². The third-order valence-corrected chi connectivity index (χ3v) is 3.39. The zero-order valence-electron chi connectivity index (χ0n) is 9.81. The van der Waals surface area contributed by atoms with E-state index >= 15 is 0 Å². The summed E-state index contributed by atoms with van der Waals surface area (Å²) in [5.41, 5.74) is 3.23. The Kier molecular flexibility index (Phi) is 3.15. The molecule has 0 unspecified atom stereocenters. The zero-order valence-corrected chi connectivity index (χ0v) is 11.4. The van der Waals surface area contributed by atoms with Gasteiger partial charge in [-0.25, -0.2) is 9.67 Å². The van der Waals surface area contributed by atoms with Crippen LogP contribution in [0.25, 0.3) is 17.0 Å². The smallest absolute Gasteiger partial charge is 0.229 e. The summed E-state index contributed by atoms with van der Waals surface area (Å²) in [6, 6.07) is 7.98. The maximum Gasteiger partial charge on any atom is 0.229 e. The molecule has 3 rings (SSSR count). The summed E-state index contributed by atoms with van der Waals surface area (Å²) in [4.78, 5) is 7.77. The van der Waals surface area contributed by atoms with Crippen LogP contribution in [0.3, 0.4) is 0 Å². The van der Waals surface area contributed by atoms with Crippen molar-refractivity contribution in [1.82, 2.24) is 19.7 Å². The highest BCUT2D eigenvalue weighted by Crippen LogP contribution is 2.13. The summed E-state index contributed by atoms with van der Waals surface area (Å²) in [6.45, 7) is 0. The van der Waals surface area contributed by atoms with Crippen LogP contribution in [0.15, 0.2) is 36.7 Å². The van der Waals surface area contributed by atoms with Crippen LogP contribution in [0.1, 0.15) is 12.0 Å². The third-order valence-electron chi connectivity index (χ3n) is 2.83. The molecule has 18 heavy (non-hydrogen) atoms. The number of aromatic nitrogens is 4. The highest BCUT2D eigenvalue weighted by atomic mass is 79.9. The third kappa shape index (κ3) is 2.18. The van der Waals surface area contributed by atoms with Crippen LogP contribution in [0, 0.1) is 0 Å². The van der Waals surface area contributed by atoms with Gasteiger partial charge in [0.25, 0.3) is 0 Å². The average Bonchev–Trinajstić information content (AvgIpc) is 3.02. The fourth-order valence-electron chi connectivity index (χ4n) is 1.92. The largest absolute Gasteiger partial charge is 0.322 e. The molecule has 4 nitrogen and oxygen atoms in total. The standard InChI is InChI=1S/C13H13BrN4/c14-7-3-4-10-8-15-18(9-10)13-16-11-5-1-2-6-12(11)17-13/h1-2,5-6,8-9H,3-4,7H2,(H,16,17). The van der Waals surface area contributed by atoms with Gasteiger partial charge in [-0.1, -0.05) is 28.1 Å². The van der Waals surface area contributed by atoms with E-state index in [1.165, 1.54) is 5.56 Å². The van der Waals surface area contributed by atoms with Crippen molar-refractivity contribution in [3.63, 3.8) is 0 Å². The van der Waals surface area contributed by atoms with Crippen molar-refractivity contribution >= 4 is 27.0 Å². The lowest BCUT2D eigenvalue weighted by Crippen LogP contribution is -1.96. The number of imidazole rings is 1. The Morgan fingerprint density at radius 1 is 1.28 bits per heavy atom. The first-order valence-electron chi connectivity index (χ1n) is 5.91. The molecule has 0 radical (unpaired) electrons. The number of rotatable bonds is 4. The predicted molar refractivity (Wildman–Crippen MR) is 75.3 cm³/mol. The second-order valence-corrected chi connectivity index (χ2v) is 4.96. The number of fused-ring (bicyclic) bond motifs is 1.